The predicted octanol–water partition coefficient (Wildman–Crippen LogP) is 3.02. The molecule has 0 bridgehead atoms. The molecule has 2 aliphatic heterocycles. The third-order valence-electron chi connectivity index (χ3n) is 4.76. The lowest BCUT2D eigenvalue weighted by atomic mass is 10.1. The fourth-order valence-electron chi connectivity index (χ4n) is 3.21. The maximum Gasteiger partial charge on any atom is 0.137 e. The van der Waals surface area contributed by atoms with Crippen LogP contribution in [-0.2, 0) is 15.9 Å². The van der Waals surface area contributed by atoms with Crippen molar-refractivity contribution < 1.29 is 9.47 Å². The van der Waals surface area contributed by atoms with E-state index in [4.69, 9.17) is 21.1 Å². The van der Waals surface area contributed by atoms with Crippen LogP contribution in [0.4, 0.5) is 5.82 Å². The topological polar surface area (TPSA) is 47.5 Å². The molecule has 1 aromatic heterocycles. The van der Waals surface area contributed by atoms with Gasteiger partial charge in [0.15, 0.2) is 0 Å². The van der Waals surface area contributed by atoms with E-state index in [9.17, 15) is 0 Å². The highest BCUT2D eigenvalue weighted by atomic mass is 35.5. The molecule has 1 aromatic rings. The number of ether oxygens (including phenoxy) is 2. The molecule has 0 saturated carbocycles. The second-order valence-electron chi connectivity index (χ2n) is 6.48. The van der Waals surface area contributed by atoms with Crippen LogP contribution in [0.15, 0.2) is 0 Å². The van der Waals surface area contributed by atoms with Crippen LogP contribution in [0.2, 0.25) is 5.15 Å². The zero-order valence-corrected chi connectivity index (χ0v) is 14.8. The lowest BCUT2D eigenvalue weighted by Crippen LogP contribution is -2.38. The highest BCUT2D eigenvalue weighted by molar-refractivity contribution is 6.30. The van der Waals surface area contributed by atoms with E-state index in [0.717, 1.165) is 75.8 Å². The van der Waals surface area contributed by atoms with Crippen molar-refractivity contribution in [3.63, 3.8) is 0 Å². The van der Waals surface area contributed by atoms with Crippen LogP contribution in [0.1, 0.15) is 37.6 Å². The Labute approximate surface area is 143 Å². The van der Waals surface area contributed by atoms with Gasteiger partial charge in [-0.3, -0.25) is 0 Å². The number of aryl methyl sites for hydroxylation is 1. The Bertz CT molecular complexity index is 527. The summed E-state index contributed by atoms with van der Waals surface area (Å²) in [7, 11) is 0. The van der Waals surface area contributed by atoms with Crippen LogP contribution in [-0.4, -0.2) is 49.0 Å². The standard InChI is InChI=1S/C17H26ClN3O2/c1-3-15-19-16(18)12(2)17(20-15)21-7-4-14(5-8-21)23-11-13-6-9-22-10-13/h13-14H,3-11H2,1-2H3. The van der Waals surface area contributed by atoms with Crippen molar-refractivity contribution in [1.29, 1.82) is 0 Å². The van der Waals surface area contributed by atoms with Gasteiger partial charge in [-0.15, -0.1) is 0 Å². The maximum atomic E-state index is 6.25. The Morgan fingerprint density at radius 2 is 2.04 bits per heavy atom. The molecular formula is C17H26ClN3O2. The number of aromatic nitrogens is 2. The molecule has 5 nitrogen and oxygen atoms in total. The van der Waals surface area contributed by atoms with E-state index in [1.165, 1.54) is 0 Å². The van der Waals surface area contributed by atoms with Gasteiger partial charge in [-0.25, -0.2) is 9.97 Å². The van der Waals surface area contributed by atoms with Crippen LogP contribution in [0.3, 0.4) is 0 Å². The third kappa shape index (κ3) is 4.14. The second-order valence-corrected chi connectivity index (χ2v) is 6.84. The highest BCUT2D eigenvalue weighted by Gasteiger charge is 2.25. The Balaban J connectivity index is 1.55. The summed E-state index contributed by atoms with van der Waals surface area (Å²) in [6.07, 6.45) is 4.37. The van der Waals surface area contributed by atoms with Crippen molar-refractivity contribution in [3.05, 3.63) is 16.5 Å². The summed E-state index contributed by atoms with van der Waals surface area (Å²) in [5.41, 5.74) is 0.978. The highest BCUT2D eigenvalue weighted by Crippen LogP contribution is 2.27. The molecule has 128 valence electrons. The molecule has 6 heteroatoms. The number of hydrogen-bond acceptors (Lipinski definition) is 5. The largest absolute Gasteiger partial charge is 0.381 e. The van der Waals surface area contributed by atoms with E-state index in [0.29, 0.717) is 17.2 Å². The van der Waals surface area contributed by atoms with E-state index >= 15 is 0 Å². The number of piperidine rings is 1. The van der Waals surface area contributed by atoms with Crippen molar-refractivity contribution >= 4 is 17.4 Å². The lowest BCUT2D eigenvalue weighted by molar-refractivity contribution is 0.0131. The average Bonchev–Trinajstić information content (AvgIpc) is 3.09. The van der Waals surface area contributed by atoms with Crippen LogP contribution >= 0.6 is 11.6 Å². The summed E-state index contributed by atoms with van der Waals surface area (Å²) in [5.74, 6) is 2.39. The summed E-state index contributed by atoms with van der Waals surface area (Å²) in [4.78, 5) is 11.3. The summed E-state index contributed by atoms with van der Waals surface area (Å²) >= 11 is 6.25. The van der Waals surface area contributed by atoms with Crippen molar-refractivity contribution in [2.24, 2.45) is 5.92 Å². The normalized spacial score (nSPS) is 22.7. The van der Waals surface area contributed by atoms with Crippen LogP contribution in [0, 0.1) is 12.8 Å². The molecule has 0 aromatic carbocycles. The molecule has 0 aliphatic carbocycles. The molecule has 0 radical (unpaired) electrons. The van der Waals surface area contributed by atoms with Gasteiger partial charge in [-0.05, 0) is 26.2 Å². The van der Waals surface area contributed by atoms with Gasteiger partial charge < -0.3 is 14.4 Å². The molecule has 1 unspecified atom stereocenters. The van der Waals surface area contributed by atoms with E-state index in [1.807, 2.05) is 6.92 Å². The fraction of sp³-hybridized carbons (Fsp3) is 0.765. The molecule has 23 heavy (non-hydrogen) atoms. The summed E-state index contributed by atoms with van der Waals surface area (Å²) in [6, 6.07) is 0. The molecule has 3 rings (SSSR count). The minimum Gasteiger partial charge on any atom is -0.381 e. The Morgan fingerprint density at radius 1 is 1.26 bits per heavy atom. The molecule has 2 aliphatic rings. The summed E-state index contributed by atoms with van der Waals surface area (Å²) in [5, 5.41) is 0.575. The Morgan fingerprint density at radius 3 is 2.70 bits per heavy atom. The number of rotatable bonds is 5. The van der Waals surface area contributed by atoms with Gasteiger partial charge in [0.25, 0.3) is 0 Å². The van der Waals surface area contributed by atoms with Crippen LogP contribution in [0.5, 0.6) is 0 Å². The summed E-state index contributed by atoms with van der Waals surface area (Å²) < 4.78 is 11.5. The number of hydrogen-bond donors (Lipinski definition) is 0. The van der Waals surface area contributed by atoms with Crippen molar-refractivity contribution in [3.8, 4) is 0 Å². The zero-order chi connectivity index (χ0) is 16.2. The van der Waals surface area contributed by atoms with Crippen LogP contribution in [0.25, 0.3) is 0 Å². The fourth-order valence-corrected chi connectivity index (χ4v) is 3.39. The Hall–Kier alpha value is -0.910. The van der Waals surface area contributed by atoms with E-state index in [2.05, 4.69) is 21.8 Å². The molecule has 1 atom stereocenters. The average molecular weight is 340 g/mol. The van der Waals surface area contributed by atoms with E-state index < -0.39 is 0 Å². The Kier molecular flexibility index (Phi) is 5.72. The van der Waals surface area contributed by atoms with Gasteiger partial charge in [-0.2, -0.15) is 0 Å². The quantitative estimate of drug-likeness (QED) is 0.772. The molecule has 2 fully saturated rings. The maximum absolute atomic E-state index is 6.25. The molecular weight excluding hydrogens is 314 g/mol. The first-order chi connectivity index (χ1) is 11.2. The monoisotopic (exact) mass is 339 g/mol. The minimum atomic E-state index is 0.357. The third-order valence-corrected chi connectivity index (χ3v) is 5.12. The summed E-state index contributed by atoms with van der Waals surface area (Å²) in [6.45, 7) is 8.56. The molecule has 3 heterocycles. The molecule has 0 spiro atoms. The van der Waals surface area contributed by atoms with Gasteiger partial charge >= 0.3 is 0 Å². The lowest BCUT2D eigenvalue weighted by Gasteiger charge is -2.34. The zero-order valence-electron chi connectivity index (χ0n) is 14.1. The van der Waals surface area contributed by atoms with Gasteiger partial charge in [-0.1, -0.05) is 18.5 Å². The first-order valence-corrected chi connectivity index (χ1v) is 9.02. The van der Waals surface area contributed by atoms with Gasteiger partial charge in [0.2, 0.25) is 0 Å². The first kappa shape index (κ1) is 16.9. The van der Waals surface area contributed by atoms with Gasteiger partial charge in [0.1, 0.15) is 16.8 Å². The van der Waals surface area contributed by atoms with Crippen molar-refractivity contribution in [2.75, 3.05) is 37.8 Å². The smallest absolute Gasteiger partial charge is 0.137 e. The van der Waals surface area contributed by atoms with Gasteiger partial charge in [0, 0.05) is 37.6 Å². The molecule has 2 saturated heterocycles. The molecule has 0 amide bonds. The van der Waals surface area contributed by atoms with E-state index in [1.54, 1.807) is 0 Å². The van der Waals surface area contributed by atoms with E-state index in [-0.39, 0.29) is 0 Å². The number of halogens is 1. The first-order valence-electron chi connectivity index (χ1n) is 8.64. The second kappa shape index (κ2) is 7.77. The molecule has 0 N–H and O–H groups in total. The number of anilines is 1. The number of nitrogens with zero attached hydrogens (tertiary/aromatic N) is 3. The SMILES string of the molecule is CCc1nc(Cl)c(C)c(N2CCC(OCC3CCOC3)CC2)n1. The minimum absolute atomic E-state index is 0.357. The van der Waals surface area contributed by atoms with Crippen LogP contribution < -0.4 is 4.90 Å². The van der Waals surface area contributed by atoms with Crippen molar-refractivity contribution in [1.82, 2.24) is 9.97 Å². The van der Waals surface area contributed by atoms with Gasteiger partial charge in [0.05, 0.1) is 19.3 Å². The predicted molar refractivity (Wildman–Crippen MR) is 91.3 cm³/mol. The van der Waals surface area contributed by atoms with Crippen molar-refractivity contribution in [2.45, 2.75) is 45.6 Å².